The van der Waals surface area contributed by atoms with Gasteiger partial charge in [0.2, 0.25) is 0 Å². The van der Waals surface area contributed by atoms with Crippen LogP contribution in [0, 0.1) is 0 Å². The van der Waals surface area contributed by atoms with Crippen LogP contribution in [0.1, 0.15) is 42.8 Å². The fourth-order valence-electron chi connectivity index (χ4n) is 3.20. The van der Waals surface area contributed by atoms with Gasteiger partial charge in [-0.15, -0.1) is 11.3 Å². The first-order valence-electron chi connectivity index (χ1n) is 7.12. The Morgan fingerprint density at radius 2 is 2.35 bits per heavy atom. The molecular weight excluding hydrogens is 274 g/mol. The number of anilines is 1. The minimum atomic E-state index is 0.275. The smallest absolute Gasteiger partial charge is 0.260 e. The molecule has 0 spiro atoms. The van der Waals surface area contributed by atoms with Crippen molar-refractivity contribution in [3.05, 3.63) is 16.8 Å². The maximum atomic E-state index is 6.04. The number of aromatic nitrogens is 2. The van der Waals surface area contributed by atoms with E-state index < -0.39 is 0 Å². The highest BCUT2D eigenvalue weighted by molar-refractivity contribution is 7.16. The predicted octanol–water partition coefficient (Wildman–Crippen LogP) is 2.98. The van der Waals surface area contributed by atoms with E-state index in [-0.39, 0.29) is 12.0 Å². The molecule has 4 rings (SSSR count). The molecule has 2 fully saturated rings. The van der Waals surface area contributed by atoms with Crippen LogP contribution in [0.5, 0.6) is 0 Å². The van der Waals surface area contributed by atoms with Crippen LogP contribution in [0.4, 0.5) is 5.00 Å². The van der Waals surface area contributed by atoms with Gasteiger partial charge in [-0.1, -0.05) is 12.1 Å². The standard InChI is InChI=1S/C14H17N3O2S/c1-2-8-6-10(12(15)20-8)14-16-13(17-19-14)9-5-7-3-4-11(9)18-7/h6-7,9,11H,2-5,15H2,1H3. The summed E-state index contributed by atoms with van der Waals surface area (Å²) >= 11 is 1.59. The number of nitrogens with zero attached hydrogens (tertiary/aromatic N) is 2. The summed E-state index contributed by atoms with van der Waals surface area (Å²) in [6.07, 6.45) is 4.93. The first kappa shape index (κ1) is 12.3. The molecule has 0 aromatic carbocycles. The number of nitrogens with two attached hydrogens (primary N) is 1. The molecule has 6 heteroatoms. The molecule has 4 heterocycles. The predicted molar refractivity (Wildman–Crippen MR) is 76.7 cm³/mol. The number of nitrogen functional groups attached to an aromatic ring is 1. The zero-order valence-corrected chi connectivity index (χ0v) is 12.2. The monoisotopic (exact) mass is 291 g/mol. The second-order valence-corrected chi connectivity index (χ2v) is 6.69. The maximum absolute atomic E-state index is 6.04. The van der Waals surface area contributed by atoms with Gasteiger partial charge in [0.15, 0.2) is 5.82 Å². The summed E-state index contributed by atoms with van der Waals surface area (Å²) in [6.45, 7) is 2.11. The first-order chi connectivity index (χ1) is 9.74. The van der Waals surface area contributed by atoms with Gasteiger partial charge in [-0.05, 0) is 31.7 Å². The lowest BCUT2D eigenvalue weighted by atomic mass is 9.89. The Balaban J connectivity index is 1.63. The number of fused-ring (bicyclic) bond motifs is 2. The minimum Gasteiger partial charge on any atom is -0.390 e. The number of aryl methyl sites for hydroxylation is 1. The summed E-state index contributed by atoms with van der Waals surface area (Å²) in [5.41, 5.74) is 6.91. The molecule has 2 bridgehead atoms. The van der Waals surface area contributed by atoms with Crippen molar-refractivity contribution in [2.45, 2.75) is 50.7 Å². The van der Waals surface area contributed by atoms with Crippen molar-refractivity contribution < 1.29 is 9.26 Å². The Morgan fingerprint density at radius 1 is 1.45 bits per heavy atom. The van der Waals surface area contributed by atoms with Crippen molar-refractivity contribution in [2.75, 3.05) is 5.73 Å². The second-order valence-electron chi connectivity index (χ2n) is 5.52. The number of thiophene rings is 1. The Labute approximate surface area is 121 Å². The van der Waals surface area contributed by atoms with E-state index >= 15 is 0 Å². The van der Waals surface area contributed by atoms with Gasteiger partial charge >= 0.3 is 0 Å². The van der Waals surface area contributed by atoms with Crippen molar-refractivity contribution in [3.8, 4) is 11.5 Å². The normalized spacial score (nSPS) is 28.4. The zero-order chi connectivity index (χ0) is 13.7. The summed E-state index contributed by atoms with van der Waals surface area (Å²) in [7, 11) is 0. The first-order valence-corrected chi connectivity index (χ1v) is 7.94. The van der Waals surface area contributed by atoms with Crippen LogP contribution in [0.3, 0.4) is 0 Å². The largest absolute Gasteiger partial charge is 0.390 e. The lowest BCUT2D eigenvalue weighted by Gasteiger charge is -2.13. The highest BCUT2D eigenvalue weighted by atomic mass is 32.1. The van der Waals surface area contributed by atoms with Crippen LogP contribution in [0.2, 0.25) is 0 Å². The Bertz CT molecular complexity index is 636. The van der Waals surface area contributed by atoms with E-state index in [9.17, 15) is 0 Å². The van der Waals surface area contributed by atoms with Crippen molar-refractivity contribution in [1.82, 2.24) is 10.1 Å². The van der Waals surface area contributed by atoms with E-state index in [0.717, 1.165) is 35.7 Å². The summed E-state index contributed by atoms with van der Waals surface area (Å²) in [4.78, 5) is 5.80. The summed E-state index contributed by atoms with van der Waals surface area (Å²) < 4.78 is 11.3. The Kier molecular flexibility index (Phi) is 2.82. The molecule has 5 nitrogen and oxygen atoms in total. The molecule has 3 unspecified atom stereocenters. The summed E-state index contributed by atoms with van der Waals surface area (Å²) in [6, 6.07) is 2.05. The van der Waals surface area contributed by atoms with Gasteiger partial charge in [-0.3, -0.25) is 0 Å². The van der Waals surface area contributed by atoms with Gasteiger partial charge in [0.25, 0.3) is 5.89 Å². The third-order valence-corrected chi connectivity index (χ3v) is 5.38. The SMILES string of the molecule is CCc1cc(-c2nc(C3CC4CCC3O4)no2)c(N)s1. The minimum absolute atomic E-state index is 0.275. The number of ether oxygens (including phenoxy) is 1. The van der Waals surface area contributed by atoms with Crippen molar-refractivity contribution in [1.29, 1.82) is 0 Å². The van der Waals surface area contributed by atoms with Gasteiger partial charge in [0.05, 0.1) is 28.7 Å². The van der Waals surface area contributed by atoms with Crippen molar-refractivity contribution in [2.24, 2.45) is 0 Å². The molecule has 2 aliphatic heterocycles. The average molecular weight is 291 g/mol. The maximum Gasteiger partial charge on any atom is 0.260 e. The van der Waals surface area contributed by atoms with E-state index in [0.29, 0.717) is 12.0 Å². The zero-order valence-electron chi connectivity index (χ0n) is 11.3. The molecule has 2 saturated heterocycles. The molecule has 2 aromatic heterocycles. The van der Waals surface area contributed by atoms with Gasteiger partial charge in [0.1, 0.15) is 0 Å². The molecule has 0 amide bonds. The molecule has 3 atom stereocenters. The van der Waals surface area contributed by atoms with E-state index in [1.807, 2.05) is 0 Å². The van der Waals surface area contributed by atoms with E-state index in [1.54, 1.807) is 11.3 Å². The van der Waals surface area contributed by atoms with Crippen LogP contribution >= 0.6 is 11.3 Å². The molecule has 0 saturated carbocycles. The van der Waals surface area contributed by atoms with Crippen LogP contribution in [-0.4, -0.2) is 22.3 Å². The topological polar surface area (TPSA) is 74.2 Å². The molecule has 0 aliphatic carbocycles. The van der Waals surface area contributed by atoms with Crippen LogP contribution in [-0.2, 0) is 11.2 Å². The fourth-order valence-corrected chi connectivity index (χ4v) is 4.06. The van der Waals surface area contributed by atoms with Gasteiger partial charge in [0, 0.05) is 4.88 Å². The van der Waals surface area contributed by atoms with E-state index in [2.05, 4.69) is 23.1 Å². The Morgan fingerprint density at radius 3 is 3.00 bits per heavy atom. The van der Waals surface area contributed by atoms with Crippen LogP contribution < -0.4 is 5.73 Å². The number of hydrogen-bond acceptors (Lipinski definition) is 6. The summed E-state index contributed by atoms with van der Waals surface area (Å²) in [5, 5.41) is 4.90. The molecule has 0 radical (unpaired) electrons. The molecular formula is C14H17N3O2S. The van der Waals surface area contributed by atoms with Crippen LogP contribution in [0.15, 0.2) is 10.6 Å². The molecule has 20 heavy (non-hydrogen) atoms. The number of hydrogen-bond donors (Lipinski definition) is 1. The number of rotatable bonds is 3. The van der Waals surface area contributed by atoms with Gasteiger partial charge in [-0.2, -0.15) is 4.98 Å². The Hall–Kier alpha value is -1.40. The second kappa shape index (κ2) is 4.56. The van der Waals surface area contributed by atoms with Crippen LogP contribution in [0.25, 0.3) is 11.5 Å². The van der Waals surface area contributed by atoms with E-state index in [1.165, 1.54) is 11.3 Å². The lowest BCUT2D eigenvalue weighted by molar-refractivity contribution is 0.0996. The fraction of sp³-hybridized carbons (Fsp3) is 0.571. The highest BCUT2D eigenvalue weighted by Crippen LogP contribution is 2.44. The molecule has 2 aromatic rings. The third kappa shape index (κ3) is 1.86. The molecule has 2 N–H and O–H groups in total. The molecule has 2 aliphatic rings. The van der Waals surface area contributed by atoms with E-state index in [4.69, 9.17) is 15.0 Å². The van der Waals surface area contributed by atoms with Crippen molar-refractivity contribution in [3.63, 3.8) is 0 Å². The highest BCUT2D eigenvalue weighted by Gasteiger charge is 2.43. The average Bonchev–Trinajstić information content (AvgIpc) is 3.21. The lowest BCUT2D eigenvalue weighted by Crippen LogP contribution is -2.15. The van der Waals surface area contributed by atoms with Gasteiger partial charge < -0.3 is 15.0 Å². The molecule has 106 valence electrons. The summed E-state index contributed by atoms with van der Waals surface area (Å²) in [5.74, 6) is 1.60. The third-order valence-electron chi connectivity index (χ3n) is 4.27. The quantitative estimate of drug-likeness (QED) is 0.941. The van der Waals surface area contributed by atoms with Crippen molar-refractivity contribution >= 4 is 16.3 Å². The van der Waals surface area contributed by atoms with Gasteiger partial charge in [-0.25, -0.2) is 0 Å².